The highest BCUT2D eigenvalue weighted by Gasteiger charge is 2.45. The van der Waals surface area contributed by atoms with Crippen LogP contribution in [-0.2, 0) is 4.79 Å². The minimum atomic E-state index is -0.370. The fourth-order valence-electron chi connectivity index (χ4n) is 2.34. The van der Waals surface area contributed by atoms with Gasteiger partial charge in [0.1, 0.15) is 6.04 Å². The molecule has 0 radical (unpaired) electrons. The highest BCUT2D eigenvalue weighted by Crippen LogP contribution is 2.49. The van der Waals surface area contributed by atoms with Crippen LogP contribution in [0.2, 0.25) is 5.02 Å². The fraction of sp³-hybridized carbons (Fsp3) is 0.467. The number of hydrogen-bond acceptors (Lipinski definition) is 2. The summed E-state index contributed by atoms with van der Waals surface area (Å²) < 4.78 is 0. The molecule has 2 rings (SSSR count). The lowest BCUT2D eigenvalue weighted by Crippen LogP contribution is -2.35. The Hall–Kier alpha value is -1.53. The molecule has 100 valence electrons. The van der Waals surface area contributed by atoms with Crippen LogP contribution in [0.4, 0.5) is 0 Å². The Morgan fingerprint density at radius 1 is 1.58 bits per heavy atom. The van der Waals surface area contributed by atoms with Crippen LogP contribution < -0.4 is 5.32 Å². The van der Waals surface area contributed by atoms with Crippen molar-refractivity contribution in [2.24, 2.45) is 5.92 Å². The Morgan fingerprint density at radius 2 is 2.32 bits per heavy atom. The first-order valence-corrected chi connectivity index (χ1v) is 6.99. The van der Waals surface area contributed by atoms with Gasteiger partial charge in [-0.05, 0) is 30.4 Å². The average Bonchev–Trinajstić information content (AvgIpc) is 3.19. The standard InChI is InChI=1S/C15H17ClN2O/c1-2-5-10(9-17)18-15(19)13-8-12(13)11-6-3-4-7-14(11)16/h3-4,6-7,10,12-13H,2,5,8H2,1H3,(H,18,19)/t10-,12-,13-/m1/s1. The lowest BCUT2D eigenvalue weighted by molar-refractivity contribution is -0.122. The second-order valence-electron chi connectivity index (χ2n) is 4.95. The Bertz CT molecular complexity index is 509. The van der Waals surface area contributed by atoms with Crippen molar-refractivity contribution < 1.29 is 4.79 Å². The fourth-order valence-corrected chi connectivity index (χ4v) is 2.62. The van der Waals surface area contributed by atoms with Gasteiger partial charge < -0.3 is 5.32 Å². The lowest BCUT2D eigenvalue weighted by Gasteiger charge is -2.10. The maximum Gasteiger partial charge on any atom is 0.224 e. The van der Waals surface area contributed by atoms with E-state index in [9.17, 15) is 4.79 Å². The zero-order valence-electron chi connectivity index (χ0n) is 10.9. The van der Waals surface area contributed by atoms with Crippen LogP contribution in [0.5, 0.6) is 0 Å². The summed E-state index contributed by atoms with van der Waals surface area (Å²) in [6.07, 6.45) is 2.41. The first kappa shape index (κ1) is 13.9. The molecule has 1 aromatic carbocycles. The van der Waals surface area contributed by atoms with Gasteiger partial charge in [-0.1, -0.05) is 43.1 Å². The largest absolute Gasteiger partial charge is 0.340 e. The molecule has 1 N–H and O–H groups in total. The van der Waals surface area contributed by atoms with Crippen molar-refractivity contribution in [3.63, 3.8) is 0 Å². The number of nitrogens with one attached hydrogen (secondary N) is 1. The van der Waals surface area contributed by atoms with Crippen LogP contribution in [0.25, 0.3) is 0 Å². The predicted octanol–water partition coefficient (Wildman–Crippen LogP) is 3.25. The third-order valence-electron chi connectivity index (χ3n) is 3.48. The van der Waals surface area contributed by atoms with Crippen molar-refractivity contribution in [1.82, 2.24) is 5.32 Å². The van der Waals surface area contributed by atoms with Crippen molar-refractivity contribution >= 4 is 17.5 Å². The van der Waals surface area contributed by atoms with Gasteiger partial charge in [-0.3, -0.25) is 4.79 Å². The number of nitrogens with zero attached hydrogens (tertiary/aromatic N) is 1. The molecule has 0 aromatic heterocycles. The molecule has 0 heterocycles. The SMILES string of the molecule is CCC[C@H](C#N)NC(=O)[C@@H]1C[C@@H]1c1ccccc1Cl. The van der Waals surface area contributed by atoms with Crippen LogP contribution >= 0.6 is 11.6 Å². The second-order valence-corrected chi connectivity index (χ2v) is 5.36. The summed E-state index contributed by atoms with van der Waals surface area (Å²) in [5, 5.41) is 12.5. The van der Waals surface area contributed by atoms with Gasteiger partial charge in [-0.15, -0.1) is 0 Å². The zero-order valence-corrected chi connectivity index (χ0v) is 11.7. The van der Waals surface area contributed by atoms with Crippen molar-refractivity contribution in [2.45, 2.75) is 38.1 Å². The van der Waals surface area contributed by atoms with Crippen LogP contribution in [-0.4, -0.2) is 11.9 Å². The summed E-state index contributed by atoms with van der Waals surface area (Å²) in [7, 11) is 0. The van der Waals surface area contributed by atoms with Crippen LogP contribution in [0, 0.1) is 17.2 Å². The van der Waals surface area contributed by atoms with E-state index in [4.69, 9.17) is 16.9 Å². The average molecular weight is 277 g/mol. The van der Waals surface area contributed by atoms with Crippen molar-refractivity contribution in [2.75, 3.05) is 0 Å². The van der Waals surface area contributed by atoms with Gasteiger partial charge in [-0.25, -0.2) is 0 Å². The third-order valence-corrected chi connectivity index (χ3v) is 3.83. The summed E-state index contributed by atoms with van der Waals surface area (Å²) in [4.78, 5) is 12.0. The number of nitriles is 1. The maximum atomic E-state index is 12.0. The minimum Gasteiger partial charge on any atom is -0.340 e. The van der Waals surface area contributed by atoms with Crippen molar-refractivity contribution in [3.05, 3.63) is 34.9 Å². The van der Waals surface area contributed by atoms with Crippen molar-refractivity contribution in [1.29, 1.82) is 5.26 Å². The number of benzene rings is 1. The Kier molecular flexibility index (Phi) is 4.44. The zero-order chi connectivity index (χ0) is 13.8. The van der Waals surface area contributed by atoms with Gasteiger partial charge >= 0.3 is 0 Å². The highest BCUT2D eigenvalue weighted by molar-refractivity contribution is 6.31. The topological polar surface area (TPSA) is 52.9 Å². The molecular weight excluding hydrogens is 260 g/mol. The Labute approximate surface area is 118 Å². The highest BCUT2D eigenvalue weighted by atomic mass is 35.5. The minimum absolute atomic E-state index is 0.0232. The van der Waals surface area contributed by atoms with Gasteiger partial charge in [0.05, 0.1) is 6.07 Å². The number of halogens is 1. The molecule has 1 aliphatic rings. The molecule has 1 saturated carbocycles. The Balaban J connectivity index is 1.94. The normalized spacial score (nSPS) is 22.4. The molecule has 0 unspecified atom stereocenters. The van der Waals surface area contributed by atoms with E-state index in [0.29, 0.717) is 11.4 Å². The summed E-state index contributed by atoms with van der Waals surface area (Å²) in [6, 6.07) is 9.39. The molecule has 4 heteroatoms. The van der Waals surface area contributed by atoms with E-state index >= 15 is 0 Å². The van der Waals surface area contributed by atoms with Gasteiger partial charge in [0, 0.05) is 10.9 Å². The molecule has 0 aliphatic heterocycles. The third kappa shape index (κ3) is 3.27. The van der Waals surface area contributed by atoms with E-state index in [-0.39, 0.29) is 23.8 Å². The summed E-state index contributed by atoms with van der Waals surface area (Å²) in [6.45, 7) is 2.00. The molecule has 1 aromatic rings. The molecule has 1 aliphatic carbocycles. The number of carbonyl (C=O) groups is 1. The number of rotatable bonds is 5. The lowest BCUT2D eigenvalue weighted by atomic mass is 10.1. The molecule has 1 fully saturated rings. The van der Waals surface area contributed by atoms with E-state index in [1.54, 1.807) is 0 Å². The van der Waals surface area contributed by atoms with Gasteiger partial charge in [0.25, 0.3) is 0 Å². The molecular formula is C15H17ClN2O. The predicted molar refractivity (Wildman–Crippen MR) is 74.8 cm³/mol. The van der Waals surface area contributed by atoms with Crippen LogP contribution in [0.1, 0.15) is 37.7 Å². The van der Waals surface area contributed by atoms with Gasteiger partial charge in [0.2, 0.25) is 5.91 Å². The molecule has 0 bridgehead atoms. The number of amides is 1. The van der Waals surface area contributed by atoms with E-state index in [0.717, 1.165) is 18.4 Å². The molecule has 0 spiro atoms. The summed E-state index contributed by atoms with van der Waals surface area (Å²) in [5.41, 5.74) is 1.04. The van der Waals surface area contributed by atoms with Crippen LogP contribution in [0.15, 0.2) is 24.3 Å². The number of carbonyl (C=O) groups excluding carboxylic acids is 1. The monoisotopic (exact) mass is 276 g/mol. The molecule has 3 atom stereocenters. The van der Waals surface area contributed by atoms with Crippen molar-refractivity contribution in [3.8, 4) is 6.07 Å². The van der Waals surface area contributed by atoms with E-state index in [1.807, 2.05) is 31.2 Å². The molecule has 3 nitrogen and oxygen atoms in total. The van der Waals surface area contributed by atoms with Gasteiger partial charge in [0.15, 0.2) is 0 Å². The van der Waals surface area contributed by atoms with E-state index < -0.39 is 0 Å². The quantitative estimate of drug-likeness (QED) is 0.897. The molecule has 1 amide bonds. The summed E-state index contributed by atoms with van der Waals surface area (Å²) >= 11 is 6.13. The van der Waals surface area contributed by atoms with E-state index in [2.05, 4.69) is 11.4 Å². The van der Waals surface area contributed by atoms with E-state index in [1.165, 1.54) is 0 Å². The second kappa shape index (κ2) is 6.08. The molecule has 19 heavy (non-hydrogen) atoms. The van der Waals surface area contributed by atoms with Crippen LogP contribution in [0.3, 0.4) is 0 Å². The maximum absolute atomic E-state index is 12.0. The summed E-state index contributed by atoms with van der Waals surface area (Å²) in [5.74, 6) is 0.146. The Morgan fingerprint density at radius 3 is 2.95 bits per heavy atom. The first-order valence-electron chi connectivity index (χ1n) is 6.61. The first-order chi connectivity index (χ1) is 9.17. The van der Waals surface area contributed by atoms with Gasteiger partial charge in [-0.2, -0.15) is 5.26 Å². The number of hydrogen-bond donors (Lipinski definition) is 1. The molecule has 0 saturated heterocycles. The smallest absolute Gasteiger partial charge is 0.224 e.